The lowest BCUT2D eigenvalue weighted by Gasteiger charge is -2.16. The first-order valence-corrected chi connectivity index (χ1v) is 10.9. The van der Waals surface area contributed by atoms with Crippen molar-refractivity contribution in [3.05, 3.63) is 107 Å². The average molecular weight is 459 g/mol. The lowest BCUT2D eigenvalue weighted by Crippen LogP contribution is -2.13. The third-order valence-electron chi connectivity index (χ3n) is 4.77. The second kappa shape index (κ2) is 10.4. The van der Waals surface area contributed by atoms with Crippen LogP contribution >= 0.6 is 11.8 Å². The van der Waals surface area contributed by atoms with E-state index in [-0.39, 0.29) is 56.5 Å². The van der Waals surface area contributed by atoms with Gasteiger partial charge in [0.25, 0.3) is 0 Å². The van der Waals surface area contributed by atoms with Gasteiger partial charge in [-0.05, 0) is 62.1 Å². The first kappa shape index (κ1) is 25.7. The SMILES string of the molecule is C=C(C)C(=O)c1cccc(Sc2cccc(C(=O)C(=C)C)c2C(=O)C(=C)C)c1C(=O)C(=C)C. The van der Waals surface area contributed by atoms with Crippen LogP contribution in [0.1, 0.15) is 69.1 Å². The number of hydrogen-bond donors (Lipinski definition) is 0. The fourth-order valence-corrected chi connectivity index (χ4v) is 4.22. The van der Waals surface area contributed by atoms with Crippen molar-refractivity contribution >= 4 is 34.9 Å². The minimum atomic E-state index is -0.385. The fraction of sp³-hybridized carbons (Fsp3) is 0.143. The maximum absolute atomic E-state index is 13.1. The number of ketones is 4. The topological polar surface area (TPSA) is 68.3 Å². The van der Waals surface area contributed by atoms with Crippen molar-refractivity contribution < 1.29 is 19.2 Å². The molecule has 0 aliphatic rings. The lowest BCUT2D eigenvalue weighted by atomic mass is 9.94. The molecule has 0 heterocycles. The minimum Gasteiger partial charge on any atom is -0.289 e. The van der Waals surface area contributed by atoms with Gasteiger partial charge in [0.2, 0.25) is 0 Å². The average Bonchev–Trinajstić information content (AvgIpc) is 2.76. The van der Waals surface area contributed by atoms with E-state index in [1.165, 1.54) is 0 Å². The van der Waals surface area contributed by atoms with Gasteiger partial charge in [-0.15, -0.1) is 0 Å². The van der Waals surface area contributed by atoms with Crippen LogP contribution in [-0.2, 0) is 0 Å². The standard InChI is InChI=1S/C28H26O4S/c1-15(2)25(29)19-11-9-13-21(23(19)27(31)17(5)6)33-22-14-10-12-20(26(30)16(3)4)24(22)28(32)18(7)8/h9-14H,1,3,5,7H2,2,4,6,8H3. The summed E-state index contributed by atoms with van der Waals surface area (Å²) < 4.78 is 0. The molecule has 0 spiro atoms. The zero-order chi connectivity index (χ0) is 25.0. The molecule has 0 atom stereocenters. The molecule has 168 valence electrons. The number of rotatable bonds is 10. The van der Waals surface area contributed by atoms with Crippen LogP contribution in [0.5, 0.6) is 0 Å². The largest absolute Gasteiger partial charge is 0.289 e. The summed E-state index contributed by atoms with van der Waals surface area (Å²) in [5.74, 6) is -1.48. The van der Waals surface area contributed by atoms with Crippen molar-refractivity contribution in [2.75, 3.05) is 0 Å². The van der Waals surface area contributed by atoms with E-state index in [2.05, 4.69) is 26.3 Å². The first-order chi connectivity index (χ1) is 15.4. The molecule has 2 aromatic carbocycles. The summed E-state index contributed by atoms with van der Waals surface area (Å²) >= 11 is 1.13. The maximum atomic E-state index is 13.1. The van der Waals surface area contributed by atoms with Gasteiger partial charge in [0, 0.05) is 32.0 Å². The molecule has 0 aromatic heterocycles. The zero-order valence-electron chi connectivity index (χ0n) is 19.3. The highest BCUT2D eigenvalue weighted by Gasteiger charge is 2.26. The van der Waals surface area contributed by atoms with Crippen LogP contribution in [0.15, 0.2) is 94.8 Å². The van der Waals surface area contributed by atoms with E-state index in [0.717, 1.165) is 11.8 Å². The Hall–Kier alpha value is -3.57. The lowest BCUT2D eigenvalue weighted by molar-refractivity contribution is 0.0996. The normalized spacial score (nSPS) is 10.3. The Morgan fingerprint density at radius 2 is 0.848 bits per heavy atom. The predicted molar refractivity (Wildman–Crippen MR) is 134 cm³/mol. The maximum Gasteiger partial charge on any atom is 0.190 e. The zero-order valence-corrected chi connectivity index (χ0v) is 20.2. The number of carbonyl (C=O) groups excluding carboxylic acids is 4. The molecular formula is C28H26O4S. The second-order valence-electron chi connectivity index (χ2n) is 7.90. The summed E-state index contributed by atoms with van der Waals surface area (Å²) in [5, 5.41) is 0. The van der Waals surface area contributed by atoms with Crippen LogP contribution in [0.25, 0.3) is 0 Å². The molecule has 0 unspecified atom stereocenters. The van der Waals surface area contributed by atoms with E-state index < -0.39 is 0 Å². The molecule has 0 saturated heterocycles. The highest BCUT2D eigenvalue weighted by Crippen LogP contribution is 2.38. The van der Waals surface area contributed by atoms with E-state index in [0.29, 0.717) is 20.9 Å². The highest BCUT2D eigenvalue weighted by molar-refractivity contribution is 7.99. The van der Waals surface area contributed by atoms with Crippen molar-refractivity contribution in [2.45, 2.75) is 37.5 Å². The quantitative estimate of drug-likeness (QED) is 0.287. The van der Waals surface area contributed by atoms with E-state index in [9.17, 15) is 19.2 Å². The molecule has 0 radical (unpaired) electrons. The third kappa shape index (κ3) is 5.44. The number of allylic oxidation sites excluding steroid dienone is 4. The molecule has 2 aromatic rings. The van der Waals surface area contributed by atoms with Gasteiger partial charge in [0.05, 0.1) is 0 Å². The summed E-state index contributed by atoms with van der Waals surface area (Å²) in [4.78, 5) is 52.6. The molecule has 0 aliphatic heterocycles. The number of carbonyl (C=O) groups is 4. The Balaban J connectivity index is 2.83. The third-order valence-corrected chi connectivity index (χ3v) is 5.89. The Morgan fingerprint density at radius 3 is 1.12 bits per heavy atom. The molecule has 2 rings (SSSR count). The number of Topliss-reactive ketones (excluding diaryl/α,β-unsaturated/α-hetero) is 4. The molecule has 5 heteroatoms. The molecule has 4 nitrogen and oxygen atoms in total. The van der Waals surface area contributed by atoms with E-state index in [1.54, 1.807) is 64.1 Å². The van der Waals surface area contributed by atoms with Crippen molar-refractivity contribution in [1.29, 1.82) is 0 Å². The van der Waals surface area contributed by atoms with E-state index >= 15 is 0 Å². The summed E-state index contributed by atoms with van der Waals surface area (Å²) in [6.07, 6.45) is 0. The molecule has 0 saturated carbocycles. The van der Waals surface area contributed by atoms with Gasteiger partial charge < -0.3 is 0 Å². The smallest absolute Gasteiger partial charge is 0.190 e. The van der Waals surface area contributed by atoms with Gasteiger partial charge in [-0.25, -0.2) is 0 Å². The van der Waals surface area contributed by atoms with Crippen LogP contribution in [0.3, 0.4) is 0 Å². The van der Waals surface area contributed by atoms with Gasteiger partial charge >= 0.3 is 0 Å². The number of hydrogen-bond acceptors (Lipinski definition) is 5. The van der Waals surface area contributed by atoms with Crippen LogP contribution < -0.4 is 0 Å². The van der Waals surface area contributed by atoms with Gasteiger partial charge in [0.15, 0.2) is 23.1 Å². The van der Waals surface area contributed by atoms with Crippen molar-refractivity contribution in [2.24, 2.45) is 0 Å². The van der Waals surface area contributed by atoms with Crippen molar-refractivity contribution in [3.8, 4) is 0 Å². The Kier molecular flexibility index (Phi) is 8.07. The monoisotopic (exact) mass is 458 g/mol. The molecule has 0 amide bonds. The van der Waals surface area contributed by atoms with Gasteiger partial charge in [-0.3, -0.25) is 19.2 Å². The van der Waals surface area contributed by atoms with Crippen LogP contribution in [-0.4, -0.2) is 23.1 Å². The minimum absolute atomic E-state index is 0.188. The summed E-state index contributed by atoms with van der Waals surface area (Å²) in [6, 6.07) is 9.85. The highest BCUT2D eigenvalue weighted by atomic mass is 32.2. The molecule has 33 heavy (non-hydrogen) atoms. The Labute approximate surface area is 198 Å². The Bertz CT molecular complexity index is 1160. The summed E-state index contributed by atoms with van der Waals surface area (Å²) in [5.41, 5.74) is 1.92. The second-order valence-corrected chi connectivity index (χ2v) is 8.98. The van der Waals surface area contributed by atoms with E-state index in [4.69, 9.17) is 0 Å². The van der Waals surface area contributed by atoms with Crippen LogP contribution in [0.4, 0.5) is 0 Å². The van der Waals surface area contributed by atoms with Crippen molar-refractivity contribution in [3.63, 3.8) is 0 Å². The first-order valence-electron chi connectivity index (χ1n) is 10.1. The van der Waals surface area contributed by atoms with Crippen molar-refractivity contribution in [1.82, 2.24) is 0 Å². The molecule has 0 N–H and O–H groups in total. The fourth-order valence-electron chi connectivity index (χ4n) is 3.08. The van der Waals surface area contributed by atoms with Gasteiger partial charge in [-0.1, -0.05) is 62.3 Å². The van der Waals surface area contributed by atoms with Gasteiger partial charge in [-0.2, -0.15) is 0 Å². The molecular weight excluding hydrogens is 432 g/mol. The molecule has 0 bridgehead atoms. The van der Waals surface area contributed by atoms with Crippen LogP contribution in [0.2, 0.25) is 0 Å². The Morgan fingerprint density at radius 1 is 0.545 bits per heavy atom. The van der Waals surface area contributed by atoms with E-state index in [1.807, 2.05) is 0 Å². The summed E-state index contributed by atoms with van der Waals surface area (Å²) in [6.45, 7) is 21.2. The molecule has 0 fully saturated rings. The predicted octanol–water partition coefficient (Wildman–Crippen LogP) is 6.87. The molecule has 0 aliphatic carbocycles. The summed E-state index contributed by atoms with van der Waals surface area (Å²) in [7, 11) is 0. The van der Waals surface area contributed by atoms with Crippen LogP contribution in [0, 0.1) is 0 Å². The van der Waals surface area contributed by atoms with Gasteiger partial charge in [0.1, 0.15) is 0 Å². The number of benzene rings is 2.